The van der Waals surface area contributed by atoms with Crippen molar-refractivity contribution in [2.24, 2.45) is 10.7 Å². The number of hydrogen-bond donors (Lipinski definition) is 1. The van der Waals surface area contributed by atoms with Crippen LogP contribution in [0.3, 0.4) is 0 Å². The van der Waals surface area contributed by atoms with Crippen molar-refractivity contribution < 1.29 is 14.3 Å². The molecular formula is C21H21N3O3S. The second-order valence-electron chi connectivity index (χ2n) is 6.12. The third-order valence-electron chi connectivity index (χ3n) is 3.88. The van der Waals surface area contributed by atoms with Crippen molar-refractivity contribution in [3.63, 3.8) is 0 Å². The second-order valence-corrected chi connectivity index (χ2v) is 7.13. The number of thioether (sulfide) groups is 1. The van der Waals surface area contributed by atoms with E-state index in [1.165, 1.54) is 11.8 Å². The van der Waals surface area contributed by atoms with Crippen LogP contribution < -0.4 is 10.5 Å². The molecule has 0 bridgehead atoms. The van der Waals surface area contributed by atoms with Crippen LogP contribution in [0.2, 0.25) is 0 Å². The number of carbonyl (C=O) groups is 2. The van der Waals surface area contributed by atoms with Gasteiger partial charge < -0.3 is 10.5 Å². The van der Waals surface area contributed by atoms with Crippen LogP contribution >= 0.6 is 11.8 Å². The second kappa shape index (κ2) is 9.23. The molecule has 3 rings (SSSR count). The van der Waals surface area contributed by atoms with Crippen LogP contribution in [0, 0.1) is 0 Å². The Morgan fingerprint density at radius 2 is 1.89 bits per heavy atom. The molecule has 2 amide bonds. The molecule has 2 aromatic carbocycles. The summed E-state index contributed by atoms with van der Waals surface area (Å²) >= 11 is 1.37. The van der Waals surface area contributed by atoms with Crippen LogP contribution in [0.25, 0.3) is 6.08 Å². The normalized spacial score (nSPS) is 16.8. The highest BCUT2D eigenvalue weighted by Crippen LogP contribution is 2.34. The SMILES string of the molecule is CCCN1C(=O)/C(=C\c2ccc(OCC(N)=O)cc2)SC1=Nc1ccccc1. The van der Waals surface area contributed by atoms with Crippen molar-refractivity contribution in [2.45, 2.75) is 13.3 Å². The smallest absolute Gasteiger partial charge is 0.266 e. The molecule has 1 aliphatic rings. The van der Waals surface area contributed by atoms with Crippen LogP contribution in [-0.4, -0.2) is 35.0 Å². The maximum Gasteiger partial charge on any atom is 0.266 e. The van der Waals surface area contributed by atoms with Crippen LogP contribution in [0.1, 0.15) is 18.9 Å². The first kappa shape index (κ1) is 19.7. The number of carbonyl (C=O) groups excluding carboxylic acids is 2. The Bertz CT molecular complexity index is 908. The van der Waals surface area contributed by atoms with Crippen molar-refractivity contribution in [3.05, 3.63) is 65.1 Å². The molecule has 1 heterocycles. The number of aliphatic imine (C=N–C) groups is 1. The Kier molecular flexibility index (Phi) is 6.49. The first-order valence-corrected chi connectivity index (χ1v) is 9.75. The lowest BCUT2D eigenvalue weighted by atomic mass is 10.2. The predicted molar refractivity (Wildman–Crippen MR) is 112 cm³/mol. The zero-order valence-corrected chi connectivity index (χ0v) is 16.3. The summed E-state index contributed by atoms with van der Waals surface area (Å²) in [5, 5.41) is 0.686. The Labute approximate surface area is 168 Å². The number of rotatable bonds is 7. The fraction of sp³-hybridized carbons (Fsp3) is 0.190. The van der Waals surface area contributed by atoms with E-state index in [1.807, 2.05) is 55.5 Å². The van der Waals surface area contributed by atoms with Crippen molar-refractivity contribution in [1.82, 2.24) is 4.90 Å². The lowest BCUT2D eigenvalue weighted by Crippen LogP contribution is -2.29. The molecule has 6 nitrogen and oxygen atoms in total. The summed E-state index contributed by atoms with van der Waals surface area (Å²) in [5.74, 6) is -0.0266. The minimum atomic E-state index is -0.527. The molecule has 0 radical (unpaired) electrons. The number of hydrogen-bond acceptors (Lipinski definition) is 5. The van der Waals surface area contributed by atoms with Crippen molar-refractivity contribution in [3.8, 4) is 5.75 Å². The third kappa shape index (κ3) is 5.01. The van der Waals surface area contributed by atoms with Gasteiger partial charge in [0.15, 0.2) is 11.8 Å². The average Bonchev–Trinajstić information content (AvgIpc) is 2.97. The van der Waals surface area contributed by atoms with Gasteiger partial charge in [-0.25, -0.2) is 4.99 Å². The Hall–Kier alpha value is -3.06. The van der Waals surface area contributed by atoms with E-state index in [2.05, 4.69) is 4.99 Å². The molecule has 2 N–H and O–H groups in total. The quantitative estimate of drug-likeness (QED) is 0.727. The fourth-order valence-electron chi connectivity index (χ4n) is 2.59. The van der Waals surface area contributed by atoms with Gasteiger partial charge in [-0.05, 0) is 54.1 Å². The van der Waals surface area contributed by atoms with Gasteiger partial charge in [0.1, 0.15) is 5.75 Å². The molecule has 28 heavy (non-hydrogen) atoms. The first-order chi connectivity index (χ1) is 13.6. The number of benzene rings is 2. The predicted octanol–water partition coefficient (Wildman–Crippen LogP) is 3.56. The maximum absolute atomic E-state index is 12.8. The molecule has 0 unspecified atom stereocenters. The van der Waals surface area contributed by atoms with Gasteiger partial charge in [-0.2, -0.15) is 0 Å². The van der Waals surface area contributed by atoms with Gasteiger partial charge >= 0.3 is 0 Å². The lowest BCUT2D eigenvalue weighted by Gasteiger charge is -2.13. The van der Waals surface area contributed by atoms with Gasteiger partial charge in [0.25, 0.3) is 11.8 Å². The summed E-state index contributed by atoms with van der Waals surface area (Å²) < 4.78 is 5.25. The van der Waals surface area contributed by atoms with E-state index < -0.39 is 5.91 Å². The van der Waals surface area contributed by atoms with Crippen LogP contribution in [0.5, 0.6) is 5.75 Å². The average molecular weight is 395 g/mol. The zero-order valence-electron chi connectivity index (χ0n) is 15.5. The molecule has 144 valence electrons. The molecule has 0 atom stereocenters. The van der Waals surface area contributed by atoms with Crippen LogP contribution in [0.15, 0.2) is 64.5 Å². The van der Waals surface area contributed by atoms with E-state index in [-0.39, 0.29) is 12.5 Å². The largest absolute Gasteiger partial charge is 0.484 e. The molecular weight excluding hydrogens is 374 g/mol. The van der Waals surface area contributed by atoms with Crippen molar-refractivity contribution in [1.29, 1.82) is 0 Å². The zero-order chi connectivity index (χ0) is 19.9. The number of ether oxygens (including phenoxy) is 1. The van der Waals surface area contributed by atoms with E-state index in [0.717, 1.165) is 17.7 Å². The number of amides is 2. The maximum atomic E-state index is 12.8. The summed E-state index contributed by atoms with van der Waals surface area (Å²) in [6.45, 7) is 2.49. The molecule has 7 heteroatoms. The summed E-state index contributed by atoms with van der Waals surface area (Å²) in [5.41, 5.74) is 6.75. The number of para-hydroxylation sites is 1. The standard InChI is InChI=1S/C21H21N3O3S/c1-2-12-24-20(26)18(28-21(24)23-16-6-4-3-5-7-16)13-15-8-10-17(11-9-15)27-14-19(22)25/h3-11,13H,2,12,14H2,1H3,(H2,22,25)/b18-13+,23-21?. The van der Waals surface area contributed by atoms with Crippen molar-refractivity contribution >= 4 is 40.5 Å². The molecule has 0 aliphatic carbocycles. The van der Waals surface area contributed by atoms with Crippen LogP contribution in [-0.2, 0) is 9.59 Å². The van der Waals surface area contributed by atoms with E-state index >= 15 is 0 Å². The molecule has 1 fully saturated rings. The molecule has 1 saturated heterocycles. The fourth-order valence-corrected chi connectivity index (χ4v) is 3.62. The van der Waals surface area contributed by atoms with E-state index in [0.29, 0.717) is 22.4 Å². The summed E-state index contributed by atoms with van der Waals surface area (Å²) in [6, 6.07) is 16.7. The number of amidine groups is 1. The summed E-state index contributed by atoms with van der Waals surface area (Å²) in [7, 11) is 0. The lowest BCUT2D eigenvalue weighted by molar-refractivity contribution is -0.122. The molecule has 0 spiro atoms. The minimum Gasteiger partial charge on any atom is -0.484 e. The topological polar surface area (TPSA) is 85.0 Å². The van der Waals surface area contributed by atoms with Gasteiger partial charge in [-0.3, -0.25) is 14.5 Å². The number of nitrogens with zero attached hydrogens (tertiary/aromatic N) is 2. The van der Waals surface area contributed by atoms with Gasteiger partial charge in [0.2, 0.25) is 0 Å². The Morgan fingerprint density at radius 3 is 2.54 bits per heavy atom. The summed E-state index contributed by atoms with van der Waals surface area (Å²) in [4.78, 5) is 30.6. The highest BCUT2D eigenvalue weighted by atomic mass is 32.2. The Balaban J connectivity index is 1.80. The first-order valence-electron chi connectivity index (χ1n) is 8.93. The van der Waals surface area contributed by atoms with Gasteiger partial charge in [0, 0.05) is 6.54 Å². The van der Waals surface area contributed by atoms with E-state index in [1.54, 1.807) is 17.0 Å². The molecule has 0 saturated carbocycles. The monoisotopic (exact) mass is 395 g/mol. The molecule has 2 aromatic rings. The van der Waals surface area contributed by atoms with Crippen molar-refractivity contribution in [2.75, 3.05) is 13.2 Å². The minimum absolute atomic E-state index is 0.0458. The number of nitrogens with two attached hydrogens (primary N) is 1. The molecule has 1 aliphatic heterocycles. The van der Waals surface area contributed by atoms with E-state index in [9.17, 15) is 9.59 Å². The molecule has 0 aromatic heterocycles. The summed E-state index contributed by atoms with van der Waals surface area (Å²) in [6.07, 6.45) is 2.68. The van der Waals surface area contributed by atoms with Crippen LogP contribution in [0.4, 0.5) is 5.69 Å². The third-order valence-corrected chi connectivity index (χ3v) is 4.88. The van der Waals surface area contributed by atoms with Gasteiger partial charge in [0.05, 0.1) is 10.6 Å². The van der Waals surface area contributed by atoms with Gasteiger partial charge in [-0.1, -0.05) is 37.3 Å². The Morgan fingerprint density at radius 1 is 1.18 bits per heavy atom. The van der Waals surface area contributed by atoms with E-state index in [4.69, 9.17) is 10.5 Å². The highest BCUT2D eigenvalue weighted by Gasteiger charge is 2.32. The highest BCUT2D eigenvalue weighted by molar-refractivity contribution is 8.18. The van der Waals surface area contributed by atoms with Gasteiger partial charge in [-0.15, -0.1) is 0 Å². The number of primary amides is 1.